The molecule has 1 aliphatic heterocycles. The molecule has 1 saturated heterocycles. The fourth-order valence-corrected chi connectivity index (χ4v) is 1.33. The minimum absolute atomic E-state index is 0.00218. The van der Waals surface area contributed by atoms with Gasteiger partial charge in [-0.15, -0.1) is 0 Å². The third kappa shape index (κ3) is 4.07. The summed E-state index contributed by atoms with van der Waals surface area (Å²) in [6, 6.07) is 0. The Bertz CT molecular complexity index is 153. The molecule has 13 heavy (non-hydrogen) atoms. The molecule has 3 nitrogen and oxygen atoms in total. The van der Waals surface area contributed by atoms with Crippen molar-refractivity contribution in [3.8, 4) is 0 Å². The molecule has 1 heterocycles. The van der Waals surface area contributed by atoms with Crippen LogP contribution < -0.4 is 5.32 Å². The molecule has 0 spiro atoms. The van der Waals surface area contributed by atoms with Crippen LogP contribution in [-0.2, 0) is 4.74 Å². The molecule has 1 fully saturated rings. The van der Waals surface area contributed by atoms with Gasteiger partial charge in [-0.3, -0.25) is 0 Å². The SMILES string of the molecule is CC(C)(C)CCOC1CNCC1O. The van der Waals surface area contributed by atoms with Crippen LogP contribution in [0, 0.1) is 5.41 Å². The number of ether oxygens (including phenoxy) is 1. The van der Waals surface area contributed by atoms with Gasteiger partial charge in [0.05, 0.1) is 12.2 Å². The summed E-state index contributed by atoms with van der Waals surface area (Å²) in [5.41, 5.74) is 0.316. The molecule has 0 saturated carbocycles. The Hall–Kier alpha value is -0.120. The predicted octanol–water partition coefficient (Wildman–Crippen LogP) is 0.772. The van der Waals surface area contributed by atoms with Crippen molar-refractivity contribution in [3.05, 3.63) is 0 Å². The molecule has 0 aromatic carbocycles. The van der Waals surface area contributed by atoms with Crippen LogP contribution in [0.2, 0.25) is 0 Å². The van der Waals surface area contributed by atoms with Crippen LogP contribution in [0.5, 0.6) is 0 Å². The molecule has 1 rings (SSSR count). The Balaban J connectivity index is 2.12. The van der Waals surface area contributed by atoms with Crippen molar-refractivity contribution in [2.24, 2.45) is 5.41 Å². The number of aliphatic hydroxyl groups excluding tert-OH is 1. The van der Waals surface area contributed by atoms with Crippen molar-refractivity contribution in [3.63, 3.8) is 0 Å². The van der Waals surface area contributed by atoms with Crippen molar-refractivity contribution >= 4 is 0 Å². The number of β-amino-alcohol motifs (C(OH)–C–C–N with tert-alkyl or cyclic N) is 1. The molecule has 2 unspecified atom stereocenters. The summed E-state index contributed by atoms with van der Waals surface area (Å²) < 4.78 is 5.58. The van der Waals surface area contributed by atoms with E-state index in [2.05, 4.69) is 26.1 Å². The first kappa shape index (κ1) is 11.0. The molecule has 2 atom stereocenters. The Morgan fingerprint density at radius 2 is 2.08 bits per heavy atom. The smallest absolute Gasteiger partial charge is 0.0970 e. The van der Waals surface area contributed by atoms with Crippen LogP contribution in [0.4, 0.5) is 0 Å². The Labute approximate surface area is 80.5 Å². The van der Waals surface area contributed by atoms with E-state index in [4.69, 9.17) is 4.74 Å². The number of rotatable bonds is 3. The van der Waals surface area contributed by atoms with Gasteiger partial charge < -0.3 is 15.2 Å². The summed E-state index contributed by atoms with van der Waals surface area (Å²) in [5, 5.41) is 12.5. The van der Waals surface area contributed by atoms with Crippen molar-refractivity contribution in [2.75, 3.05) is 19.7 Å². The molecular weight excluding hydrogens is 166 g/mol. The van der Waals surface area contributed by atoms with Crippen LogP contribution in [-0.4, -0.2) is 37.0 Å². The number of nitrogens with one attached hydrogen (secondary N) is 1. The summed E-state index contributed by atoms with van der Waals surface area (Å²) in [6.45, 7) is 8.78. The molecule has 0 aliphatic carbocycles. The minimum Gasteiger partial charge on any atom is -0.389 e. The maximum absolute atomic E-state index is 9.43. The Morgan fingerprint density at radius 1 is 1.38 bits per heavy atom. The quantitative estimate of drug-likeness (QED) is 0.686. The van der Waals surface area contributed by atoms with Crippen molar-refractivity contribution in [1.29, 1.82) is 0 Å². The molecule has 0 aromatic heterocycles. The lowest BCUT2D eigenvalue weighted by Gasteiger charge is -2.20. The van der Waals surface area contributed by atoms with Crippen molar-refractivity contribution in [2.45, 2.75) is 39.4 Å². The van der Waals surface area contributed by atoms with E-state index in [1.54, 1.807) is 0 Å². The monoisotopic (exact) mass is 187 g/mol. The van der Waals surface area contributed by atoms with Gasteiger partial charge in [-0.05, 0) is 11.8 Å². The molecule has 0 aromatic rings. The van der Waals surface area contributed by atoms with Gasteiger partial charge in [0.2, 0.25) is 0 Å². The van der Waals surface area contributed by atoms with E-state index in [1.807, 2.05) is 0 Å². The highest BCUT2D eigenvalue weighted by Crippen LogP contribution is 2.18. The second-order valence-electron chi connectivity index (χ2n) is 4.95. The standard InChI is InChI=1S/C10H21NO2/c1-10(2,3)4-5-13-9-7-11-6-8(9)12/h8-9,11-12H,4-7H2,1-3H3. The van der Waals surface area contributed by atoms with Crippen LogP contribution in [0.3, 0.4) is 0 Å². The van der Waals surface area contributed by atoms with Gasteiger partial charge in [-0.2, -0.15) is 0 Å². The van der Waals surface area contributed by atoms with Gasteiger partial charge in [0.25, 0.3) is 0 Å². The Morgan fingerprint density at radius 3 is 2.54 bits per heavy atom. The fraction of sp³-hybridized carbons (Fsp3) is 1.00. The summed E-state index contributed by atoms with van der Waals surface area (Å²) >= 11 is 0. The summed E-state index contributed by atoms with van der Waals surface area (Å²) in [4.78, 5) is 0. The van der Waals surface area contributed by atoms with Gasteiger partial charge in [0.1, 0.15) is 0 Å². The second kappa shape index (κ2) is 4.40. The highest BCUT2D eigenvalue weighted by Gasteiger charge is 2.25. The van der Waals surface area contributed by atoms with E-state index in [0.717, 1.165) is 19.6 Å². The first-order valence-corrected chi connectivity index (χ1v) is 4.99. The van der Waals surface area contributed by atoms with Gasteiger partial charge >= 0.3 is 0 Å². The van der Waals surface area contributed by atoms with Crippen molar-refractivity contribution < 1.29 is 9.84 Å². The largest absolute Gasteiger partial charge is 0.389 e. The van der Waals surface area contributed by atoms with E-state index >= 15 is 0 Å². The zero-order valence-electron chi connectivity index (χ0n) is 8.84. The lowest BCUT2D eigenvalue weighted by atomic mass is 9.93. The number of hydrogen-bond donors (Lipinski definition) is 2. The van der Waals surface area contributed by atoms with Crippen molar-refractivity contribution in [1.82, 2.24) is 5.32 Å². The molecule has 0 bridgehead atoms. The summed E-state index contributed by atoms with van der Waals surface area (Å²) in [6.07, 6.45) is 0.721. The van der Waals surface area contributed by atoms with E-state index in [9.17, 15) is 5.11 Å². The van der Waals surface area contributed by atoms with E-state index < -0.39 is 0 Å². The lowest BCUT2D eigenvalue weighted by Crippen LogP contribution is -2.28. The molecule has 1 aliphatic rings. The van der Waals surface area contributed by atoms with Gasteiger partial charge in [0.15, 0.2) is 0 Å². The zero-order valence-corrected chi connectivity index (χ0v) is 8.84. The zero-order chi connectivity index (χ0) is 9.90. The highest BCUT2D eigenvalue weighted by molar-refractivity contribution is 4.81. The van der Waals surface area contributed by atoms with Gasteiger partial charge in [-0.25, -0.2) is 0 Å². The minimum atomic E-state index is -0.319. The van der Waals surface area contributed by atoms with Gasteiger partial charge in [0, 0.05) is 19.7 Å². The average molecular weight is 187 g/mol. The highest BCUT2D eigenvalue weighted by atomic mass is 16.5. The van der Waals surface area contributed by atoms with Crippen LogP contribution in [0.15, 0.2) is 0 Å². The first-order valence-electron chi connectivity index (χ1n) is 4.99. The number of aliphatic hydroxyl groups is 1. The third-order valence-electron chi connectivity index (χ3n) is 2.31. The average Bonchev–Trinajstić information content (AvgIpc) is 2.34. The van der Waals surface area contributed by atoms with E-state index in [1.165, 1.54) is 0 Å². The summed E-state index contributed by atoms with van der Waals surface area (Å²) in [5.74, 6) is 0. The summed E-state index contributed by atoms with van der Waals surface area (Å²) in [7, 11) is 0. The lowest BCUT2D eigenvalue weighted by molar-refractivity contribution is -0.0162. The van der Waals surface area contributed by atoms with E-state index in [-0.39, 0.29) is 12.2 Å². The van der Waals surface area contributed by atoms with Crippen LogP contribution in [0.25, 0.3) is 0 Å². The Kier molecular flexibility index (Phi) is 3.71. The molecular formula is C10H21NO2. The maximum Gasteiger partial charge on any atom is 0.0970 e. The topological polar surface area (TPSA) is 41.5 Å². The van der Waals surface area contributed by atoms with Gasteiger partial charge in [-0.1, -0.05) is 20.8 Å². The molecule has 0 amide bonds. The predicted molar refractivity (Wildman–Crippen MR) is 52.7 cm³/mol. The molecule has 0 radical (unpaired) electrons. The van der Waals surface area contributed by atoms with Crippen LogP contribution >= 0.6 is 0 Å². The second-order valence-corrected chi connectivity index (χ2v) is 4.95. The first-order chi connectivity index (χ1) is 5.99. The normalized spacial score (nSPS) is 29.5. The maximum atomic E-state index is 9.43. The van der Waals surface area contributed by atoms with E-state index in [0.29, 0.717) is 12.0 Å². The number of hydrogen-bond acceptors (Lipinski definition) is 3. The van der Waals surface area contributed by atoms with Crippen LogP contribution in [0.1, 0.15) is 27.2 Å². The molecule has 2 N–H and O–H groups in total. The third-order valence-corrected chi connectivity index (χ3v) is 2.31. The molecule has 78 valence electrons. The fourth-order valence-electron chi connectivity index (χ4n) is 1.33. The molecule has 3 heteroatoms.